The van der Waals surface area contributed by atoms with Crippen LogP contribution in [0.15, 0.2) is 5.38 Å². The summed E-state index contributed by atoms with van der Waals surface area (Å²) in [6.45, 7) is 4.03. The average Bonchev–Trinajstić information content (AvgIpc) is 2.75. The molecule has 0 saturated carbocycles. The minimum atomic E-state index is -0.402. The average molecular weight is 227 g/mol. The maximum Gasteiger partial charge on any atom is 0.0954 e. The first kappa shape index (κ1) is 11.0. The maximum atomic E-state index is 9.97. The van der Waals surface area contributed by atoms with Gasteiger partial charge in [-0.05, 0) is 26.7 Å². The molecule has 84 valence electrons. The highest BCUT2D eigenvalue weighted by Crippen LogP contribution is 2.24. The monoisotopic (exact) mass is 227 g/mol. The number of hydrogen-bond donors (Lipinski definition) is 1. The predicted molar refractivity (Wildman–Crippen MR) is 60.1 cm³/mol. The highest BCUT2D eigenvalue weighted by molar-refractivity contribution is 7.09. The van der Waals surface area contributed by atoms with Crippen LogP contribution in [0.4, 0.5) is 0 Å². The van der Waals surface area contributed by atoms with Crippen LogP contribution in [0.25, 0.3) is 0 Å². The lowest BCUT2D eigenvalue weighted by molar-refractivity contribution is -0.0278. The summed E-state index contributed by atoms with van der Waals surface area (Å²) >= 11 is 1.61. The van der Waals surface area contributed by atoms with Crippen molar-refractivity contribution >= 4 is 11.3 Å². The zero-order valence-electron chi connectivity index (χ0n) is 9.14. The largest absolute Gasteiger partial charge is 0.390 e. The van der Waals surface area contributed by atoms with Gasteiger partial charge in [-0.15, -0.1) is 11.3 Å². The minimum Gasteiger partial charge on any atom is -0.390 e. The molecule has 0 radical (unpaired) electrons. The summed E-state index contributed by atoms with van der Waals surface area (Å²) in [5.41, 5.74) is 1.03. The summed E-state index contributed by atoms with van der Waals surface area (Å²) in [5, 5.41) is 13.0. The van der Waals surface area contributed by atoms with Gasteiger partial charge in [-0.1, -0.05) is 0 Å². The van der Waals surface area contributed by atoms with E-state index in [1.54, 1.807) is 11.3 Å². The Morgan fingerprint density at radius 2 is 2.47 bits per heavy atom. The van der Waals surface area contributed by atoms with Crippen molar-refractivity contribution < 1.29 is 9.84 Å². The van der Waals surface area contributed by atoms with Crippen LogP contribution in [0.2, 0.25) is 0 Å². The van der Waals surface area contributed by atoms with Gasteiger partial charge in [0.2, 0.25) is 0 Å². The standard InChI is InChI=1S/C11H17NO2S/c1-7-6-15-11(12-7)5-9(13)10-4-3-8(2)14-10/h6,8-10,13H,3-5H2,1-2H3. The molecule has 1 aromatic heterocycles. The third-order valence-electron chi connectivity index (χ3n) is 2.74. The van der Waals surface area contributed by atoms with E-state index in [-0.39, 0.29) is 6.10 Å². The summed E-state index contributed by atoms with van der Waals surface area (Å²) in [4.78, 5) is 4.34. The quantitative estimate of drug-likeness (QED) is 0.858. The molecule has 3 unspecified atom stereocenters. The van der Waals surface area contributed by atoms with Crippen molar-refractivity contribution in [3.8, 4) is 0 Å². The Labute approximate surface area is 94.1 Å². The zero-order chi connectivity index (χ0) is 10.8. The van der Waals surface area contributed by atoms with Crippen LogP contribution in [-0.4, -0.2) is 28.4 Å². The number of aromatic nitrogens is 1. The first-order valence-corrected chi connectivity index (χ1v) is 6.27. The number of hydrogen-bond acceptors (Lipinski definition) is 4. The van der Waals surface area contributed by atoms with Crippen LogP contribution in [-0.2, 0) is 11.2 Å². The lowest BCUT2D eigenvalue weighted by Crippen LogP contribution is -2.28. The third-order valence-corrected chi connectivity index (χ3v) is 3.73. The van der Waals surface area contributed by atoms with Crippen molar-refractivity contribution in [3.63, 3.8) is 0 Å². The molecule has 3 nitrogen and oxygen atoms in total. The van der Waals surface area contributed by atoms with Crippen LogP contribution in [0.3, 0.4) is 0 Å². The smallest absolute Gasteiger partial charge is 0.0954 e. The summed E-state index contributed by atoms with van der Waals surface area (Å²) in [6, 6.07) is 0. The Balaban J connectivity index is 1.89. The second-order valence-corrected chi connectivity index (χ2v) is 5.16. The highest BCUT2D eigenvalue weighted by Gasteiger charge is 2.28. The first-order valence-electron chi connectivity index (χ1n) is 5.39. The van der Waals surface area contributed by atoms with Crippen LogP contribution in [0.5, 0.6) is 0 Å². The molecular formula is C11H17NO2S. The molecule has 0 amide bonds. The number of aliphatic hydroxyl groups is 1. The van der Waals surface area contributed by atoms with Gasteiger partial charge < -0.3 is 9.84 Å². The van der Waals surface area contributed by atoms with Gasteiger partial charge in [0.25, 0.3) is 0 Å². The fourth-order valence-corrected chi connectivity index (χ4v) is 2.75. The molecule has 0 bridgehead atoms. The molecule has 15 heavy (non-hydrogen) atoms. The molecule has 0 aliphatic carbocycles. The lowest BCUT2D eigenvalue weighted by atomic mass is 10.1. The van der Waals surface area contributed by atoms with E-state index in [4.69, 9.17) is 4.74 Å². The second kappa shape index (κ2) is 4.60. The number of ether oxygens (including phenoxy) is 1. The van der Waals surface area contributed by atoms with Gasteiger partial charge in [0, 0.05) is 17.5 Å². The van der Waals surface area contributed by atoms with E-state index < -0.39 is 6.10 Å². The number of rotatable bonds is 3. The van der Waals surface area contributed by atoms with Crippen LogP contribution >= 0.6 is 11.3 Å². The summed E-state index contributed by atoms with van der Waals surface area (Å²) in [7, 11) is 0. The zero-order valence-corrected chi connectivity index (χ0v) is 9.96. The Morgan fingerprint density at radius 1 is 1.67 bits per heavy atom. The summed E-state index contributed by atoms with van der Waals surface area (Å²) < 4.78 is 5.63. The van der Waals surface area contributed by atoms with Crippen molar-refractivity contribution in [1.29, 1.82) is 0 Å². The molecule has 1 saturated heterocycles. The number of aliphatic hydroxyl groups excluding tert-OH is 1. The molecule has 0 aromatic carbocycles. The molecule has 1 N–H and O–H groups in total. The number of aryl methyl sites for hydroxylation is 1. The molecule has 3 atom stereocenters. The molecule has 1 aromatic rings. The van der Waals surface area contributed by atoms with E-state index in [1.807, 2.05) is 12.3 Å². The van der Waals surface area contributed by atoms with Crippen LogP contribution in [0.1, 0.15) is 30.5 Å². The number of nitrogens with zero attached hydrogens (tertiary/aromatic N) is 1. The molecule has 2 rings (SSSR count). The van der Waals surface area contributed by atoms with Gasteiger partial charge in [0.05, 0.1) is 23.3 Å². The summed E-state index contributed by atoms with van der Waals surface area (Å²) in [6.07, 6.45) is 2.54. The third kappa shape index (κ3) is 2.77. The van der Waals surface area contributed by atoms with Gasteiger partial charge in [-0.2, -0.15) is 0 Å². The Hall–Kier alpha value is -0.450. The van der Waals surface area contributed by atoms with Gasteiger partial charge >= 0.3 is 0 Å². The Kier molecular flexibility index (Phi) is 3.38. The van der Waals surface area contributed by atoms with Crippen molar-refractivity contribution in [2.45, 2.75) is 51.4 Å². The highest BCUT2D eigenvalue weighted by atomic mass is 32.1. The molecule has 1 aliphatic rings. The van der Waals surface area contributed by atoms with Crippen LogP contribution in [0, 0.1) is 6.92 Å². The van der Waals surface area contributed by atoms with Crippen LogP contribution < -0.4 is 0 Å². The fraction of sp³-hybridized carbons (Fsp3) is 0.727. The van der Waals surface area contributed by atoms with E-state index >= 15 is 0 Å². The van der Waals surface area contributed by atoms with Crippen molar-refractivity contribution in [1.82, 2.24) is 4.98 Å². The molecule has 2 heterocycles. The Morgan fingerprint density at radius 3 is 3.00 bits per heavy atom. The molecule has 4 heteroatoms. The van der Waals surface area contributed by atoms with E-state index in [0.29, 0.717) is 12.5 Å². The van der Waals surface area contributed by atoms with Gasteiger partial charge in [0.15, 0.2) is 0 Å². The van der Waals surface area contributed by atoms with Crippen molar-refractivity contribution in [3.05, 3.63) is 16.1 Å². The normalized spacial score (nSPS) is 28.2. The summed E-state index contributed by atoms with van der Waals surface area (Å²) in [5.74, 6) is 0. The molecule has 0 spiro atoms. The predicted octanol–water partition coefficient (Wildman–Crippen LogP) is 1.92. The fourth-order valence-electron chi connectivity index (χ4n) is 1.92. The maximum absolute atomic E-state index is 9.97. The second-order valence-electron chi connectivity index (χ2n) is 4.22. The minimum absolute atomic E-state index is 0.00389. The van der Waals surface area contributed by atoms with E-state index in [2.05, 4.69) is 11.9 Å². The van der Waals surface area contributed by atoms with E-state index in [1.165, 1.54) is 0 Å². The number of thiazole rings is 1. The van der Waals surface area contributed by atoms with Gasteiger partial charge in [-0.25, -0.2) is 4.98 Å². The lowest BCUT2D eigenvalue weighted by Gasteiger charge is -2.17. The topological polar surface area (TPSA) is 42.4 Å². The first-order chi connectivity index (χ1) is 7.15. The van der Waals surface area contributed by atoms with Gasteiger partial charge in [0.1, 0.15) is 0 Å². The van der Waals surface area contributed by atoms with E-state index in [0.717, 1.165) is 23.5 Å². The van der Waals surface area contributed by atoms with E-state index in [9.17, 15) is 5.11 Å². The van der Waals surface area contributed by atoms with Gasteiger partial charge in [-0.3, -0.25) is 0 Å². The van der Waals surface area contributed by atoms with Crippen molar-refractivity contribution in [2.75, 3.05) is 0 Å². The molecular weight excluding hydrogens is 210 g/mol. The molecule has 1 aliphatic heterocycles. The Bertz CT molecular complexity index is 326. The van der Waals surface area contributed by atoms with Crippen molar-refractivity contribution in [2.24, 2.45) is 0 Å². The SMILES string of the molecule is Cc1csc(CC(O)C2CCC(C)O2)n1. The molecule has 1 fully saturated rings.